The Balaban J connectivity index is 2.48. The topological polar surface area (TPSA) is 40.5 Å². The zero-order valence-corrected chi connectivity index (χ0v) is 8.30. The molecule has 0 amide bonds. The zero-order valence-electron chi connectivity index (χ0n) is 8.30. The van der Waals surface area contributed by atoms with Gasteiger partial charge in [0.2, 0.25) is 0 Å². The molecule has 0 saturated heterocycles. The number of hydrogen-bond acceptors (Lipinski definition) is 2. The van der Waals surface area contributed by atoms with Crippen LogP contribution in [0.5, 0.6) is 0 Å². The van der Waals surface area contributed by atoms with Gasteiger partial charge >= 0.3 is 0 Å². The summed E-state index contributed by atoms with van der Waals surface area (Å²) in [5.74, 6) is 0.176. The number of aliphatic hydroxyl groups excluding tert-OH is 1. The van der Waals surface area contributed by atoms with Gasteiger partial charge < -0.3 is 10.2 Å². The summed E-state index contributed by atoms with van der Waals surface area (Å²) in [5, 5.41) is 17.5. The van der Waals surface area contributed by atoms with Crippen LogP contribution in [-0.2, 0) is 0 Å². The lowest BCUT2D eigenvalue weighted by molar-refractivity contribution is -0.0509. The lowest BCUT2D eigenvalue weighted by atomic mass is 10.1. The summed E-state index contributed by atoms with van der Waals surface area (Å²) in [6, 6.07) is 9.95. The second-order valence-corrected chi connectivity index (χ2v) is 3.46. The Labute approximate surface area is 84.5 Å². The quantitative estimate of drug-likeness (QED) is 0.717. The van der Waals surface area contributed by atoms with Crippen molar-refractivity contribution in [3.63, 3.8) is 0 Å². The molecule has 2 N–H and O–H groups in total. The molecule has 0 heterocycles. The van der Waals surface area contributed by atoms with E-state index in [4.69, 9.17) is 10.2 Å². The van der Waals surface area contributed by atoms with Crippen LogP contribution in [0.15, 0.2) is 36.4 Å². The van der Waals surface area contributed by atoms with Crippen LogP contribution in [0.3, 0.4) is 0 Å². The molecule has 0 fully saturated rings. The number of benzene rings is 1. The monoisotopic (exact) mass is 192 g/mol. The van der Waals surface area contributed by atoms with Crippen LogP contribution in [0.4, 0.5) is 0 Å². The third-order valence-corrected chi connectivity index (χ3v) is 2.00. The van der Waals surface area contributed by atoms with Gasteiger partial charge in [-0.15, -0.1) is 0 Å². The maximum Gasteiger partial charge on any atom is 0.151 e. The summed E-state index contributed by atoms with van der Waals surface area (Å²) in [7, 11) is 0. The highest BCUT2D eigenvalue weighted by Gasteiger charge is 2.02. The Morgan fingerprint density at radius 2 is 1.86 bits per heavy atom. The van der Waals surface area contributed by atoms with E-state index in [1.807, 2.05) is 49.4 Å². The summed E-state index contributed by atoms with van der Waals surface area (Å²) in [4.78, 5) is 0. The molecule has 0 aromatic heterocycles. The second-order valence-electron chi connectivity index (χ2n) is 3.46. The van der Waals surface area contributed by atoms with Crippen LogP contribution >= 0.6 is 0 Å². The van der Waals surface area contributed by atoms with E-state index in [-0.39, 0.29) is 5.92 Å². The molecule has 2 heteroatoms. The van der Waals surface area contributed by atoms with E-state index in [1.54, 1.807) is 0 Å². The van der Waals surface area contributed by atoms with Crippen LogP contribution in [0, 0.1) is 5.92 Å². The minimum Gasteiger partial charge on any atom is -0.368 e. The van der Waals surface area contributed by atoms with E-state index in [1.165, 1.54) is 0 Å². The predicted molar refractivity (Wildman–Crippen MR) is 57.5 cm³/mol. The molecule has 0 aliphatic carbocycles. The first kappa shape index (κ1) is 11.0. The standard InChI is InChI=1S/C12H16O2/c1-10(9-12(13)14)7-8-11-5-3-2-4-6-11/h2-8,10,12-14H,9H2,1H3. The molecule has 0 spiro atoms. The van der Waals surface area contributed by atoms with Crippen molar-refractivity contribution >= 4 is 6.08 Å². The van der Waals surface area contributed by atoms with E-state index in [9.17, 15) is 0 Å². The average Bonchev–Trinajstić information content (AvgIpc) is 2.15. The lowest BCUT2D eigenvalue weighted by Crippen LogP contribution is -2.08. The van der Waals surface area contributed by atoms with Crippen LogP contribution in [0.2, 0.25) is 0 Å². The van der Waals surface area contributed by atoms with Crippen molar-refractivity contribution in [2.45, 2.75) is 19.6 Å². The Morgan fingerprint density at radius 1 is 1.21 bits per heavy atom. The average molecular weight is 192 g/mol. The summed E-state index contributed by atoms with van der Waals surface area (Å²) in [6.45, 7) is 1.96. The number of allylic oxidation sites excluding steroid dienone is 1. The van der Waals surface area contributed by atoms with Crippen molar-refractivity contribution in [2.24, 2.45) is 5.92 Å². The molecule has 14 heavy (non-hydrogen) atoms. The smallest absolute Gasteiger partial charge is 0.151 e. The van der Waals surface area contributed by atoms with Gasteiger partial charge in [-0.05, 0) is 11.5 Å². The molecule has 1 aromatic rings. The van der Waals surface area contributed by atoms with Crippen molar-refractivity contribution in [2.75, 3.05) is 0 Å². The first-order valence-corrected chi connectivity index (χ1v) is 4.78. The third-order valence-electron chi connectivity index (χ3n) is 2.00. The van der Waals surface area contributed by atoms with Gasteiger partial charge in [0.15, 0.2) is 6.29 Å². The molecule has 1 aromatic carbocycles. The number of rotatable bonds is 4. The lowest BCUT2D eigenvalue weighted by Gasteiger charge is -2.07. The highest BCUT2D eigenvalue weighted by atomic mass is 16.5. The summed E-state index contributed by atoms with van der Waals surface area (Å²) in [5.41, 5.74) is 1.13. The molecule has 0 saturated carbocycles. The number of aliphatic hydroxyl groups is 2. The van der Waals surface area contributed by atoms with Crippen LogP contribution in [-0.4, -0.2) is 16.5 Å². The molecular weight excluding hydrogens is 176 g/mol. The molecule has 1 unspecified atom stereocenters. The summed E-state index contributed by atoms with van der Waals surface area (Å²) < 4.78 is 0. The van der Waals surface area contributed by atoms with Gasteiger partial charge in [-0.3, -0.25) is 0 Å². The predicted octanol–water partition coefficient (Wildman–Crippen LogP) is 2.04. The first-order valence-electron chi connectivity index (χ1n) is 4.78. The van der Waals surface area contributed by atoms with E-state index >= 15 is 0 Å². The summed E-state index contributed by atoms with van der Waals surface area (Å²) >= 11 is 0. The Morgan fingerprint density at radius 3 is 2.43 bits per heavy atom. The van der Waals surface area contributed by atoms with Crippen molar-refractivity contribution in [3.8, 4) is 0 Å². The van der Waals surface area contributed by atoms with E-state index in [2.05, 4.69) is 0 Å². The van der Waals surface area contributed by atoms with Gasteiger partial charge in [-0.1, -0.05) is 49.4 Å². The first-order chi connectivity index (χ1) is 6.68. The molecule has 1 rings (SSSR count). The van der Waals surface area contributed by atoms with Gasteiger partial charge in [-0.25, -0.2) is 0 Å². The minimum absolute atomic E-state index is 0.176. The molecule has 0 bridgehead atoms. The van der Waals surface area contributed by atoms with Gasteiger partial charge in [0.25, 0.3) is 0 Å². The fourth-order valence-electron chi connectivity index (χ4n) is 1.25. The maximum atomic E-state index is 8.74. The molecule has 2 nitrogen and oxygen atoms in total. The third kappa shape index (κ3) is 4.21. The second kappa shape index (κ2) is 5.58. The van der Waals surface area contributed by atoms with E-state index in [0.29, 0.717) is 6.42 Å². The van der Waals surface area contributed by atoms with E-state index < -0.39 is 6.29 Å². The fraction of sp³-hybridized carbons (Fsp3) is 0.333. The van der Waals surface area contributed by atoms with Gasteiger partial charge in [0, 0.05) is 6.42 Å². The van der Waals surface area contributed by atoms with Crippen LogP contribution in [0.25, 0.3) is 6.08 Å². The molecule has 0 aliphatic rings. The largest absolute Gasteiger partial charge is 0.368 e. The van der Waals surface area contributed by atoms with Crippen molar-refractivity contribution in [1.29, 1.82) is 0 Å². The summed E-state index contributed by atoms with van der Waals surface area (Å²) in [6.07, 6.45) is 3.14. The van der Waals surface area contributed by atoms with Gasteiger partial charge in [0.1, 0.15) is 0 Å². The minimum atomic E-state index is -1.22. The van der Waals surface area contributed by atoms with Gasteiger partial charge in [0.05, 0.1) is 0 Å². The highest BCUT2D eigenvalue weighted by Crippen LogP contribution is 2.09. The molecular formula is C12H16O2. The van der Waals surface area contributed by atoms with Crippen molar-refractivity contribution in [1.82, 2.24) is 0 Å². The van der Waals surface area contributed by atoms with Crippen LogP contribution < -0.4 is 0 Å². The molecule has 76 valence electrons. The number of hydrogen-bond donors (Lipinski definition) is 2. The molecule has 0 radical (unpaired) electrons. The Kier molecular flexibility index (Phi) is 4.36. The Hall–Kier alpha value is -1.12. The van der Waals surface area contributed by atoms with E-state index in [0.717, 1.165) is 5.56 Å². The maximum absolute atomic E-state index is 8.74. The fourth-order valence-corrected chi connectivity index (χ4v) is 1.25. The van der Waals surface area contributed by atoms with Crippen molar-refractivity contribution in [3.05, 3.63) is 42.0 Å². The normalized spacial score (nSPS) is 13.7. The highest BCUT2D eigenvalue weighted by molar-refractivity contribution is 5.48. The van der Waals surface area contributed by atoms with Crippen molar-refractivity contribution < 1.29 is 10.2 Å². The molecule has 1 atom stereocenters. The SMILES string of the molecule is CC(C=Cc1ccccc1)CC(O)O. The Bertz CT molecular complexity index is 278. The molecule has 0 aliphatic heterocycles. The van der Waals surface area contributed by atoms with Gasteiger partial charge in [-0.2, -0.15) is 0 Å². The van der Waals surface area contributed by atoms with Crippen LogP contribution in [0.1, 0.15) is 18.9 Å². The zero-order chi connectivity index (χ0) is 10.4.